The largest absolute Gasteiger partial charge is 0.490 e. The molecule has 4 heterocycles. The Morgan fingerprint density at radius 2 is 1.92 bits per heavy atom. The molecule has 188 valence electrons. The number of halogens is 1. The lowest BCUT2D eigenvalue weighted by Crippen LogP contribution is -2.44. The Labute approximate surface area is 217 Å². The van der Waals surface area contributed by atoms with Crippen LogP contribution < -0.4 is 10.3 Å². The van der Waals surface area contributed by atoms with Gasteiger partial charge < -0.3 is 14.4 Å². The van der Waals surface area contributed by atoms with Crippen molar-refractivity contribution in [2.75, 3.05) is 13.2 Å². The molecule has 2 aliphatic rings. The van der Waals surface area contributed by atoms with Gasteiger partial charge in [-0.15, -0.1) is 0 Å². The highest BCUT2D eigenvalue weighted by atomic mass is 35.5. The molecule has 0 unspecified atom stereocenters. The second-order valence-electron chi connectivity index (χ2n) is 9.36. The monoisotopic (exact) mass is 517 g/mol. The number of rotatable bonds is 5. The lowest BCUT2D eigenvalue weighted by Gasteiger charge is -2.33. The fraction of sp³-hybridized carbons (Fsp3) is 0.296. The zero-order valence-corrected chi connectivity index (χ0v) is 20.9. The molecule has 10 heteroatoms. The van der Waals surface area contributed by atoms with Crippen LogP contribution in [0.1, 0.15) is 24.2 Å². The first-order valence-corrected chi connectivity index (χ1v) is 12.5. The van der Waals surface area contributed by atoms with Crippen LogP contribution in [0.15, 0.2) is 59.9 Å². The summed E-state index contributed by atoms with van der Waals surface area (Å²) in [4.78, 5) is 40.4. The van der Waals surface area contributed by atoms with Crippen molar-refractivity contribution >= 4 is 28.6 Å². The van der Waals surface area contributed by atoms with Gasteiger partial charge in [-0.2, -0.15) is 0 Å². The summed E-state index contributed by atoms with van der Waals surface area (Å²) >= 11 is 6.03. The zero-order chi connectivity index (χ0) is 25.5. The SMILES string of the molecule is Cc1nc2cc(-c3cncnc3)c(O[C@H]3CCN4C(=O)OC[C@@H]4C3)cc2c(=O)n1Cc1ccc(Cl)cc1. The number of aryl methyl sites for hydroxylation is 1. The summed E-state index contributed by atoms with van der Waals surface area (Å²) in [5.41, 5.74) is 2.90. The number of piperidine rings is 1. The Morgan fingerprint density at radius 1 is 1.14 bits per heavy atom. The molecule has 0 saturated carbocycles. The van der Waals surface area contributed by atoms with E-state index in [9.17, 15) is 9.59 Å². The molecular formula is C27H24ClN5O4. The molecule has 37 heavy (non-hydrogen) atoms. The topological polar surface area (TPSA) is 99.4 Å². The number of benzene rings is 2. The number of fused-ring (bicyclic) bond motifs is 2. The summed E-state index contributed by atoms with van der Waals surface area (Å²) in [6, 6.07) is 11.0. The van der Waals surface area contributed by atoms with Gasteiger partial charge in [0.15, 0.2) is 0 Å². The third-order valence-electron chi connectivity index (χ3n) is 6.97. The minimum atomic E-state index is -0.265. The van der Waals surface area contributed by atoms with Crippen LogP contribution in [0.4, 0.5) is 4.79 Å². The lowest BCUT2D eigenvalue weighted by atomic mass is 10.00. The Hall–Kier alpha value is -3.98. The second-order valence-corrected chi connectivity index (χ2v) is 9.79. The standard InChI is InChI=1S/C27H24ClN5O4/c1-16-31-24-9-22(18-11-29-15-30-12-18)25(37-21-6-7-32-20(8-21)14-36-27(32)35)10-23(24)26(34)33(16)13-17-2-4-19(28)5-3-17/h2-5,9-12,15,20-21H,6-8,13-14H2,1H3/t20-,21-/m0/s1. The predicted molar refractivity (Wildman–Crippen MR) is 138 cm³/mol. The van der Waals surface area contributed by atoms with Crippen LogP contribution in [-0.2, 0) is 11.3 Å². The van der Waals surface area contributed by atoms with E-state index < -0.39 is 0 Å². The van der Waals surface area contributed by atoms with E-state index in [1.807, 2.05) is 25.1 Å². The highest BCUT2D eigenvalue weighted by Crippen LogP contribution is 2.35. The average molecular weight is 518 g/mol. The Kier molecular flexibility index (Phi) is 6.00. The maximum Gasteiger partial charge on any atom is 0.410 e. The van der Waals surface area contributed by atoms with Gasteiger partial charge in [0.1, 0.15) is 30.6 Å². The summed E-state index contributed by atoms with van der Waals surface area (Å²) in [5.74, 6) is 1.17. The predicted octanol–water partition coefficient (Wildman–Crippen LogP) is 4.23. The smallest absolute Gasteiger partial charge is 0.410 e. The summed E-state index contributed by atoms with van der Waals surface area (Å²) in [7, 11) is 0. The van der Waals surface area contributed by atoms with Gasteiger partial charge in [-0.25, -0.2) is 19.7 Å². The van der Waals surface area contributed by atoms with Gasteiger partial charge in [0.05, 0.1) is 23.5 Å². The molecule has 2 saturated heterocycles. The second kappa shape index (κ2) is 9.48. The quantitative estimate of drug-likeness (QED) is 0.390. The van der Waals surface area contributed by atoms with Crippen LogP contribution >= 0.6 is 11.6 Å². The van der Waals surface area contributed by atoms with Gasteiger partial charge in [-0.1, -0.05) is 23.7 Å². The van der Waals surface area contributed by atoms with Crippen molar-refractivity contribution in [2.24, 2.45) is 0 Å². The highest BCUT2D eigenvalue weighted by Gasteiger charge is 2.39. The van der Waals surface area contributed by atoms with Gasteiger partial charge in [-0.05, 0) is 36.8 Å². The molecule has 1 amide bonds. The Bertz CT molecular complexity index is 1540. The van der Waals surface area contributed by atoms with Gasteiger partial charge >= 0.3 is 6.09 Å². The highest BCUT2D eigenvalue weighted by molar-refractivity contribution is 6.30. The number of carbonyl (C=O) groups excluding carboxylic acids is 1. The maximum atomic E-state index is 13.7. The normalized spacial score (nSPS) is 19.1. The van der Waals surface area contributed by atoms with Crippen molar-refractivity contribution < 1.29 is 14.3 Å². The number of hydrogen-bond donors (Lipinski definition) is 0. The van der Waals surface area contributed by atoms with E-state index >= 15 is 0 Å². The molecule has 0 aliphatic carbocycles. The minimum absolute atomic E-state index is 0.00358. The summed E-state index contributed by atoms with van der Waals surface area (Å²) < 4.78 is 13.4. The zero-order valence-electron chi connectivity index (χ0n) is 20.1. The van der Waals surface area contributed by atoms with E-state index in [-0.39, 0.29) is 23.8 Å². The van der Waals surface area contributed by atoms with Gasteiger partial charge in [-0.3, -0.25) is 9.36 Å². The number of ether oxygens (including phenoxy) is 2. The number of carbonyl (C=O) groups is 1. The molecule has 6 rings (SSSR count). The number of cyclic esters (lactones) is 1. The van der Waals surface area contributed by atoms with E-state index in [4.69, 9.17) is 26.1 Å². The van der Waals surface area contributed by atoms with Crippen LogP contribution in [0.25, 0.3) is 22.0 Å². The minimum Gasteiger partial charge on any atom is -0.490 e. The fourth-order valence-electron chi connectivity index (χ4n) is 5.03. The number of hydrogen-bond acceptors (Lipinski definition) is 7. The van der Waals surface area contributed by atoms with Crippen LogP contribution in [0.3, 0.4) is 0 Å². The van der Waals surface area contributed by atoms with Crippen molar-refractivity contribution in [3.8, 4) is 16.9 Å². The summed E-state index contributed by atoms with van der Waals surface area (Å²) in [6.45, 7) is 3.14. The van der Waals surface area contributed by atoms with E-state index in [1.54, 1.807) is 40.1 Å². The molecule has 4 aromatic rings. The van der Waals surface area contributed by atoms with Gasteiger partial charge in [0.25, 0.3) is 5.56 Å². The molecule has 2 aliphatic heterocycles. The Balaban J connectivity index is 1.41. The van der Waals surface area contributed by atoms with Crippen molar-refractivity contribution in [2.45, 2.75) is 38.5 Å². The molecule has 2 fully saturated rings. The van der Waals surface area contributed by atoms with Crippen LogP contribution in [0.2, 0.25) is 5.02 Å². The molecule has 9 nitrogen and oxygen atoms in total. The number of nitrogens with zero attached hydrogens (tertiary/aromatic N) is 5. The third-order valence-corrected chi connectivity index (χ3v) is 7.22. The molecule has 0 bridgehead atoms. The van der Waals surface area contributed by atoms with Crippen LogP contribution in [0, 0.1) is 6.92 Å². The van der Waals surface area contributed by atoms with E-state index in [0.29, 0.717) is 60.0 Å². The summed E-state index contributed by atoms with van der Waals surface area (Å²) in [5, 5.41) is 1.11. The summed E-state index contributed by atoms with van der Waals surface area (Å²) in [6.07, 6.45) is 5.81. The first-order chi connectivity index (χ1) is 18.0. The molecular weight excluding hydrogens is 494 g/mol. The van der Waals surface area contributed by atoms with Crippen molar-refractivity contribution in [1.82, 2.24) is 24.4 Å². The molecule has 2 atom stereocenters. The van der Waals surface area contributed by atoms with E-state index in [0.717, 1.165) is 16.7 Å². The fourth-order valence-corrected chi connectivity index (χ4v) is 5.15. The molecule has 2 aromatic carbocycles. The lowest BCUT2D eigenvalue weighted by molar-refractivity contribution is 0.0941. The average Bonchev–Trinajstić information content (AvgIpc) is 3.28. The maximum absolute atomic E-state index is 13.7. The van der Waals surface area contributed by atoms with E-state index in [2.05, 4.69) is 9.97 Å². The van der Waals surface area contributed by atoms with Crippen molar-refractivity contribution in [3.63, 3.8) is 0 Å². The first kappa shape index (κ1) is 23.4. The first-order valence-electron chi connectivity index (χ1n) is 12.1. The van der Waals surface area contributed by atoms with E-state index in [1.165, 1.54) is 6.33 Å². The molecule has 0 N–H and O–H groups in total. The molecule has 0 spiro atoms. The van der Waals surface area contributed by atoms with Crippen LogP contribution in [-0.4, -0.2) is 55.8 Å². The number of amides is 1. The van der Waals surface area contributed by atoms with Crippen LogP contribution in [0.5, 0.6) is 5.75 Å². The Morgan fingerprint density at radius 3 is 2.70 bits per heavy atom. The van der Waals surface area contributed by atoms with Gasteiger partial charge in [0.2, 0.25) is 0 Å². The number of aromatic nitrogens is 4. The molecule has 2 aromatic heterocycles. The van der Waals surface area contributed by atoms with Crippen molar-refractivity contribution in [3.05, 3.63) is 81.9 Å². The molecule has 0 radical (unpaired) electrons. The van der Waals surface area contributed by atoms with Gasteiger partial charge in [0, 0.05) is 47.9 Å². The van der Waals surface area contributed by atoms with Crippen molar-refractivity contribution in [1.29, 1.82) is 0 Å². The third kappa shape index (κ3) is 4.51.